The number of amides is 1. The van der Waals surface area contributed by atoms with Crippen LogP contribution >= 0.6 is 0 Å². The van der Waals surface area contributed by atoms with Crippen LogP contribution in [0.4, 0.5) is 10.1 Å². The molecule has 6 nitrogen and oxygen atoms in total. The molecular formula is C22H24FN3O3. The zero-order valence-electron chi connectivity index (χ0n) is 17.2. The molecule has 0 atom stereocenters. The number of hydrogen-bond acceptors (Lipinski definition) is 4. The first kappa shape index (κ1) is 21.9. The minimum atomic E-state index is -0.762. The molecule has 1 N–H and O–H groups in total. The molecule has 2 rings (SSSR count). The Hall–Kier alpha value is -3.40. The fourth-order valence-electron chi connectivity index (χ4n) is 2.98. The lowest BCUT2D eigenvalue weighted by atomic mass is 10.1. The summed E-state index contributed by atoms with van der Waals surface area (Å²) in [5.74, 6) is -1.70. The molecule has 0 bridgehead atoms. The number of nitriles is 1. The lowest BCUT2D eigenvalue weighted by Crippen LogP contribution is -2.15. The summed E-state index contributed by atoms with van der Waals surface area (Å²) in [6.07, 6.45) is 1.48. The molecule has 0 radical (unpaired) electrons. The molecule has 0 aliphatic heterocycles. The van der Waals surface area contributed by atoms with Crippen LogP contribution in [0.1, 0.15) is 41.2 Å². The van der Waals surface area contributed by atoms with Gasteiger partial charge in [0.05, 0.1) is 18.4 Å². The molecule has 0 aliphatic rings. The Kier molecular flexibility index (Phi) is 6.94. The van der Waals surface area contributed by atoms with Gasteiger partial charge >= 0.3 is 5.97 Å². The molecule has 0 spiro atoms. The van der Waals surface area contributed by atoms with Crippen molar-refractivity contribution in [3.63, 3.8) is 0 Å². The third-order valence-electron chi connectivity index (χ3n) is 4.46. The van der Waals surface area contributed by atoms with E-state index in [9.17, 15) is 19.2 Å². The normalized spacial score (nSPS) is 11.3. The molecule has 1 aromatic heterocycles. The molecule has 7 heteroatoms. The van der Waals surface area contributed by atoms with Crippen molar-refractivity contribution in [3.8, 4) is 6.07 Å². The summed E-state index contributed by atoms with van der Waals surface area (Å²) in [7, 11) is 1.20. The van der Waals surface area contributed by atoms with Gasteiger partial charge in [-0.05, 0) is 55.7 Å². The Morgan fingerprint density at radius 2 is 2.00 bits per heavy atom. The highest BCUT2D eigenvalue weighted by molar-refractivity contribution is 6.10. The average Bonchev–Trinajstić information content (AvgIpc) is 2.93. The lowest BCUT2D eigenvalue weighted by Gasteiger charge is -2.12. The number of hydrogen-bond donors (Lipinski definition) is 1. The van der Waals surface area contributed by atoms with Gasteiger partial charge in [0.1, 0.15) is 17.5 Å². The van der Waals surface area contributed by atoms with E-state index in [1.165, 1.54) is 25.3 Å². The van der Waals surface area contributed by atoms with E-state index in [1.54, 1.807) is 0 Å². The van der Waals surface area contributed by atoms with Crippen molar-refractivity contribution in [1.29, 1.82) is 5.26 Å². The van der Waals surface area contributed by atoms with E-state index in [2.05, 4.69) is 28.5 Å². The number of carbonyl (C=O) groups excluding carboxylic acids is 2. The van der Waals surface area contributed by atoms with Crippen LogP contribution in [0.3, 0.4) is 0 Å². The highest BCUT2D eigenvalue weighted by Gasteiger charge is 2.16. The van der Waals surface area contributed by atoms with Gasteiger partial charge in [-0.25, -0.2) is 9.18 Å². The average molecular weight is 397 g/mol. The third kappa shape index (κ3) is 5.11. The molecular weight excluding hydrogens is 373 g/mol. The zero-order chi connectivity index (χ0) is 21.7. The molecule has 0 unspecified atom stereocenters. The van der Waals surface area contributed by atoms with Crippen molar-refractivity contribution in [2.75, 3.05) is 12.4 Å². The van der Waals surface area contributed by atoms with E-state index in [0.717, 1.165) is 29.6 Å². The molecule has 1 heterocycles. The molecule has 152 valence electrons. The Labute approximate surface area is 169 Å². The van der Waals surface area contributed by atoms with Gasteiger partial charge in [-0.1, -0.05) is 13.8 Å². The number of methoxy groups -OCH3 is 1. The van der Waals surface area contributed by atoms with Crippen LogP contribution in [-0.4, -0.2) is 23.6 Å². The Balaban J connectivity index is 2.33. The predicted octanol–water partition coefficient (Wildman–Crippen LogP) is 4.23. The van der Waals surface area contributed by atoms with Crippen molar-refractivity contribution in [3.05, 3.63) is 58.2 Å². The highest BCUT2D eigenvalue weighted by Crippen LogP contribution is 2.21. The van der Waals surface area contributed by atoms with E-state index < -0.39 is 17.7 Å². The number of halogens is 1. The zero-order valence-corrected chi connectivity index (χ0v) is 17.2. The first-order valence-electron chi connectivity index (χ1n) is 9.15. The second-order valence-electron chi connectivity index (χ2n) is 7.14. The van der Waals surface area contributed by atoms with Crippen molar-refractivity contribution < 1.29 is 18.7 Å². The number of ether oxygens (including phenoxy) is 1. The predicted molar refractivity (Wildman–Crippen MR) is 109 cm³/mol. The van der Waals surface area contributed by atoms with Gasteiger partial charge in [-0.3, -0.25) is 4.79 Å². The van der Waals surface area contributed by atoms with Crippen molar-refractivity contribution in [2.24, 2.45) is 5.92 Å². The van der Waals surface area contributed by atoms with Crippen molar-refractivity contribution in [2.45, 2.75) is 34.2 Å². The SMILES string of the molecule is COC(=O)c1ccc(F)c(NC(=O)/C(C#N)=C/c2cc(C)n(CC(C)C)c2C)c1. The highest BCUT2D eigenvalue weighted by atomic mass is 19.1. The van der Waals surface area contributed by atoms with Gasteiger partial charge in [0.2, 0.25) is 0 Å². The van der Waals surface area contributed by atoms with Crippen LogP contribution in [0.5, 0.6) is 0 Å². The van der Waals surface area contributed by atoms with Crippen LogP contribution in [0.2, 0.25) is 0 Å². The topological polar surface area (TPSA) is 84.1 Å². The quantitative estimate of drug-likeness (QED) is 0.449. The fourth-order valence-corrected chi connectivity index (χ4v) is 2.98. The molecule has 0 saturated heterocycles. The van der Waals surface area contributed by atoms with Crippen LogP contribution < -0.4 is 5.32 Å². The first-order valence-corrected chi connectivity index (χ1v) is 9.15. The Morgan fingerprint density at radius 1 is 1.31 bits per heavy atom. The Bertz CT molecular complexity index is 1010. The number of esters is 1. The number of aryl methyl sites for hydroxylation is 1. The summed E-state index contributed by atoms with van der Waals surface area (Å²) >= 11 is 0. The second kappa shape index (κ2) is 9.20. The van der Waals surface area contributed by atoms with E-state index in [0.29, 0.717) is 5.92 Å². The molecule has 1 aromatic carbocycles. The minimum Gasteiger partial charge on any atom is -0.465 e. The maximum absolute atomic E-state index is 14.1. The van der Waals surface area contributed by atoms with E-state index in [1.807, 2.05) is 26.0 Å². The number of nitrogens with zero attached hydrogens (tertiary/aromatic N) is 2. The van der Waals surface area contributed by atoms with Gasteiger partial charge in [0, 0.05) is 17.9 Å². The van der Waals surface area contributed by atoms with Gasteiger partial charge < -0.3 is 14.6 Å². The van der Waals surface area contributed by atoms with Gasteiger partial charge in [0.15, 0.2) is 0 Å². The number of nitrogens with one attached hydrogen (secondary N) is 1. The number of benzene rings is 1. The standard InChI is InChI=1S/C22H24FN3O3/c1-13(2)12-26-14(3)8-17(15(26)4)9-18(11-24)21(27)25-20-10-16(22(28)29-5)6-7-19(20)23/h6-10,13H,12H2,1-5H3,(H,25,27)/b18-9+. The lowest BCUT2D eigenvalue weighted by molar-refractivity contribution is -0.112. The number of aromatic nitrogens is 1. The van der Waals surface area contributed by atoms with Gasteiger partial charge in [-0.2, -0.15) is 5.26 Å². The smallest absolute Gasteiger partial charge is 0.337 e. The maximum atomic E-state index is 14.1. The molecule has 0 saturated carbocycles. The maximum Gasteiger partial charge on any atom is 0.337 e. The second-order valence-corrected chi connectivity index (χ2v) is 7.14. The monoisotopic (exact) mass is 397 g/mol. The van der Waals surface area contributed by atoms with Gasteiger partial charge in [-0.15, -0.1) is 0 Å². The number of rotatable bonds is 6. The van der Waals surface area contributed by atoms with Crippen molar-refractivity contribution >= 4 is 23.6 Å². The van der Waals surface area contributed by atoms with E-state index in [-0.39, 0.29) is 16.8 Å². The van der Waals surface area contributed by atoms with E-state index >= 15 is 0 Å². The minimum absolute atomic E-state index is 0.0870. The van der Waals surface area contributed by atoms with Gasteiger partial charge in [0.25, 0.3) is 5.91 Å². The third-order valence-corrected chi connectivity index (χ3v) is 4.46. The molecule has 1 amide bonds. The molecule has 2 aromatic rings. The number of carbonyl (C=O) groups is 2. The number of anilines is 1. The van der Waals surface area contributed by atoms with Crippen LogP contribution in [0.25, 0.3) is 6.08 Å². The van der Waals surface area contributed by atoms with Crippen molar-refractivity contribution in [1.82, 2.24) is 4.57 Å². The fraction of sp³-hybridized carbons (Fsp3) is 0.318. The largest absolute Gasteiger partial charge is 0.465 e. The molecule has 0 aliphatic carbocycles. The molecule has 0 fully saturated rings. The first-order chi connectivity index (χ1) is 13.7. The summed E-state index contributed by atoms with van der Waals surface area (Å²) in [5.41, 5.74) is 2.43. The summed E-state index contributed by atoms with van der Waals surface area (Å²) in [6, 6.07) is 7.24. The summed E-state index contributed by atoms with van der Waals surface area (Å²) in [5, 5.41) is 11.8. The molecule has 29 heavy (non-hydrogen) atoms. The Morgan fingerprint density at radius 3 is 2.59 bits per heavy atom. The summed E-state index contributed by atoms with van der Waals surface area (Å²) in [4.78, 5) is 24.2. The van der Waals surface area contributed by atoms with Crippen LogP contribution in [0, 0.1) is 36.9 Å². The van der Waals surface area contributed by atoms with Crippen LogP contribution in [0.15, 0.2) is 29.8 Å². The van der Waals surface area contributed by atoms with E-state index in [4.69, 9.17) is 0 Å². The summed E-state index contributed by atoms with van der Waals surface area (Å²) in [6.45, 7) is 8.93. The summed E-state index contributed by atoms with van der Waals surface area (Å²) < 4.78 is 20.8. The van der Waals surface area contributed by atoms with Crippen LogP contribution in [-0.2, 0) is 16.1 Å².